The van der Waals surface area contributed by atoms with Crippen LogP contribution in [0.3, 0.4) is 0 Å². The van der Waals surface area contributed by atoms with Crippen LogP contribution in [0.15, 0.2) is 33.6 Å². The quantitative estimate of drug-likeness (QED) is 0.923. The molecule has 18 heavy (non-hydrogen) atoms. The molecule has 0 aliphatic heterocycles. The molecule has 1 saturated carbocycles. The summed E-state index contributed by atoms with van der Waals surface area (Å²) in [5.41, 5.74) is 0. The summed E-state index contributed by atoms with van der Waals surface area (Å²) < 4.78 is 28.2. The molecule has 1 aliphatic rings. The van der Waals surface area contributed by atoms with E-state index in [1.165, 1.54) is 6.42 Å². The largest absolute Gasteiger partial charge is 0.240 e. The maximum Gasteiger partial charge on any atom is 0.240 e. The lowest BCUT2D eigenvalue weighted by atomic mass is 9.87. The van der Waals surface area contributed by atoms with Crippen molar-refractivity contribution in [2.75, 3.05) is 0 Å². The molecule has 5 heteroatoms. The first-order chi connectivity index (χ1) is 8.49. The van der Waals surface area contributed by atoms with Crippen LogP contribution in [0.2, 0.25) is 0 Å². The fraction of sp³-hybridized carbons (Fsp3) is 0.538. The lowest BCUT2D eigenvalue weighted by Crippen LogP contribution is -2.40. The second-order valence-corrected chi connectivity index (χ2v) is 7.57. The van der Waals surface area contributed by atoms with Crippen LogP contribution < -0.4 is 4.72 Å². The third-order valence-corrected chi connectivity index (χ3v) is 5.58. The molecule has 0 spiro atoms. The summed E-state index contributed by atoms with van der Waals surface area (Å²) in [4.78, 5) is 0.337. The molecule has 0 aromatic heterocycles. The standard InChI is InChI=1S/C13H18BrNO2S/c1-10-4-2-3-5-13(10)15-18(16,17)12-8-6-11(14)7-9-12/h6-10,13,15H,2-5H2,1H3/t10-,13+/m0/s1. The van der Waals surface area contributed by atoms with Crippen molar-refractivity contribution in [1.29, 1.82) is 0 Å². The van der Waals surface area contributed by atoms with Gasteiger partial charge in [0.2, 0.25) is 10.0 Å². The second-order valence-electron chi connectivity index (χ2n) is 4.94. The van der Waals surface area contributed by atoms with Gasteiger partial charge in [0.05, 0.1) is 4.90 Å². The smallest absolute Gasteiger partial charge is 0.208 e. The number of rotatable bonds is 3. The van der Waals surface area contributed by atoms with Gasteiger partial charge in [-0.1, -0.05) is 35.7 Å². The summed E-state index contributed by atoms with van der Waals surface area (Å²) in [6.45, 7) is 2.12. The van der Waals surface area contributed by atoms with Gasteiger partial charge < -0.3 is 0 Å². The van der Waals surface area contributed by atoms with Gasteiger partial charge in [0.25, 0.3) is 0 Å². The molecular weight excluding hydrogens is 314 g/mol. The number of nitrogens with one attached hydrogen (secondary N) is 1. The molecule has 1 N–H and O–H groups in total. The predicted octanol–water partition coefficient (Wildman–Crippen LogP) is 3.31. The maximum absolute atomic E-state index is 12.2. The Morgan fingerprint density at radius 2 is 1.78 bits per heavy atom. The van der Waals surface area contributed by atoms with Crippen molar-refractivity contribution in [1.82, 2.24) is 4.72 Å². The molecule has 0 unspecified atom stereocenters. The molecule has 1 aliphatic carbocycles. The topological polar surface area (TPSA) is 46.2 Å². The van der Waals surface area contributed by atoms with Gasteiger partial charge in [-0.15, -0.1) is 0 Å². The zero-order chi connectivity index (χ0) is 13.2. The van der Waals surface area contributed by atoms with E-state index >= 15 is 0 Å². The van der Waals surface area contributed by atoms with Crippen LogP contribution >= 0.6 is 15.9 Å². The lowest BCUT2D eigenvalue weighted by molar-refractivity contribution is 0.310. The molecule has 1 fully saturated rings. The number of sulfonamides is 1. The third kappa shape index (κ3) is 3.33. The van der Waals surface area contributed by atoms with Crippen LogP contribution in [0.5, 0.6) is 0 Å². The molecule has 2 rings (SSSR count). The van der Waals surface area contributed by atoms with Crippen LogP contribution in [0, 0.1) is 5.92 Å². The predicted molar refractivity (Wildman–Crippen MR) is 75.9 cm³/mol. The SMILES string of the molecule is C[C@H]1CCCC[C@H]1NS(=O)(=O)c1ccc(Br)cc1. The highest BCUT2D eigenvalue weighted by Crippen LogP contribution is 2.25. The molecule has 2 atom stereocenters. The molecule has 0 saturated heterocycles. The first kappa shape index (κ1) is 14.0. The van der Waals surface area contributed by atoms with E-state index in [4.69, 9.17) is 0 Å². The van der Waals surface area contributed by atoms with Gasteiger partial charge in [0.1, 0.15) is 0 Å². The van der Waals surface area contributed by atoms with Crippen molar-refractivity contribution in [2.24, 2.45) is 5.92 Å². The molecule has 0 heterocycles. The summed E-state index contributed by atoms with van der Waals surface area (Å²) in [7, 11) is -3.38. The Morgan fingerprint density at radius 1 is 1.17 bits per heavy atom. The number of hydrogen-bond acceptors (Lipinski definition) is 2. The molecule has 0 radical (unpaired) electrons. The molecule has 1 aromatic carbocycles. The zero-order valence-electron chi connectivity index (χ0n) is 10.4. The van der Waals surface area contributed by atoms with E-state index in [1.807, 2.05) is 0 Å². The summed E-state index contributed by atoms with van der Waals surface area (Å²) in [6, 6.07) is 6.82. The Kier molecular flexibility index (Phi) is 4.45. The fourth-order valence-electron chi connectivity index (χ4n) is 2.37. The lowest BCUT2D eigenvalue weighted by Gasteiger charge is -2.29. The monoisotopic (exact) mass is 331 g/mol. The van der Waals surface area contributed by atoms with Crippen molar-refractivity contribution < 1.29 is 8.42 Å². The molecule has 1 aromatic rings. The minimum absolute atomic E-state index is 0.0763. The van der Waals surface area contributed by atoms with Crippen molar-refractivity contribution >= 4 is 26.0 Å². The van der Waals surface area contributed by atoms with Crippen LogP contribution in [0.4, 0.5) is 0 Å². The van der Waals surface area contributed by atoms with Crippen LogP contribution in [-0.2, 0) is 10.0 Å². The maximum atomic E-state index is 12.2. The summed E-state index contributed by atoms with van der Waals surface area (Å²) >= 11 is 3.31. The van der Waals surface area contributed by atoms with E-state index in [9.17, 15) is 8.42 Å². The summed E-state index contributed by atoms with van der Waals surface area (Å²) in [5.74, 6) is 0.420. The third-order valence-electron chi connectivity index (χ3n) is 3.54. The van der Waals surface area contributed by atoms with Crippen molar-refractivity contribution in [3.05, 3.63) is 28.7 Å². The number of halogens is 1. The minimum Gasteiger partial charge on any atom is -0.208 e. The van der Waals surface area contributed by atoms with Crippen LogP contribution in [0.1, 0.15) is 32.6 Å². The normalized spacial score (nSPS) is 25.0. The van der Waals surface area contributed by atoms with E-state index in [1.54, 1.807) is 24.3 Å². The van der Waals surface area contributed by atoms with E-state index in [-0.39, 0.29) is 6.04 Å². The average molecular weight is 332 g/mol. The molecule has 0 amide bonds. The number of hydrogen-bond donors (Lipinski definition) is 1. The van der Waals surface area contributed by atoms with Crippen LogP contribution in [0.25, 0.3) is 0 Å². The Morgan fingerprint density at radius 3 is 2.39 bits per heavy atom. The molecular formula is C13H18BrNO2S. The minimum atomic E-state index is -3.38. The van der Waals surface area contributed by atoms with Crippen molar-refractivity contribution in [3.8, 4) is 0 Å². The van der Waals surface area contributed by atoms with Gasteiger partial charge in [-0.3, -0.25) is 0 Å². The Labute approximate surface area is 117 Å². The van der Waals surface area contributed by atoms with E-state index in [2.05, 4.69) is 27.6 Å². The Balaban J connectivity index is 2.13. The molecule has 0 bridgehead atoms. The van der Waals surface area contributed by atoms with E-state index in [0.717, 1.165) is 23.7 Å². The van der Waals surface area contributed by atoms with Crippen molar-refractivity contribution in [3.63, 3.8) is 0 Å². The molecule has 3 nitrogen and oxygen atoms in total. The van der Waals surface area contributed by atoms with Gasteiger partial charge in [0.15, 0.2) is 0 Å². The van der Waals surface area contributed by atoms with E-state index < -0.39 is 10.0 Å². The Bertz CT molecular complexity index is 498. The van der Waals surface area contributed by atoms with E-state index in [0.29, 0.717) is 10.8 Å². The zero-order valence-corrected chi connectivity index (χ0v) is 12.8. The highest BCUT2D eigenvalue weighted by Gasteiger charge is 2.26. The molecule has 100 valence electrons. The summed E-state index contributed by atoms with van der Waals surface area (Å²) in [6.07, 6.45) is 4.36. The van der Waals surface area contributed by atoms with Crippen molar-refractivity contribution in [2.45, 2.75) is 43.5 Å². The van der Waals surface area contributed by atoms with Gasteiger partial charge in [-0.2, -0.15) is 0 Å². The fourth-order valence-corrected chi connectivity index (χ4v) is 4.02. The van der Waals surface area contributed by atoms with Gasteiger partial charge >= 0.3 is 0 Å². The average Bonchev–Trinajstić information content (AvgIpc) is 2.32. The van der Waals surface area contributed by atoms with Gasteiger partial charge in [0, 0.05) is 10.5 Å². The highest BCUT2D eigenvalue weighted by molar-refractivity contribution is 9.10. The van der Waals surface area contributed by atoms with Gasteiger partial charge in [-0.25, -0.2) is 13.1 Å². The summed E-state index contributed by atoms with van der Waals surface area (Å²) in [5, 5.41) is 0. The first-order valence-electron chi connectivity index (χ1n) is 6.27. The highest BCUT2D eigenvalue weighted by atomic mass is 79.9. The van der Waals surface area contributed by atoms with Crippen LogP contribution in [-0.4, -0.2) is 14.5 Å². The second kappa shape index (κ2) is 5.72. The number of benzene rings is 1. The first-order valence-corrected chi connectivity index (χ1v) is 8.54. The Hall–Kier alpha value is -0.390. The van der Waals surface area contributed by atoms with Gasteiger partial charge in [-0.05, 0) is 43.0 Å².